The van der Waals surface area contributed by atoms with Crippen LogP contribution in [0.5, 0.6) is 5.75 Å². The number of benzene rings is 1. The van der Waals surface area contributed by atoms with Crippen LogP contribution in [0.3, 0.4) is 0 Å². The van der Waals surface area contributed by atoms with Crippen molar-refractivity contribution in [2.75, 3.05) is 7.11 Å². The van der Waals surface area contributed by atoms with E-state index in [9.17, 15) is 5.11 Å². The molecule has 1 aromatic heterocycles. The van der Waals surface area contributed by atoms with Crippen molar-refractivity contribution >= 4 is 15.9 Å². The van der Waals surface area contributed by atoms with Crippen LogP contribution in [-0.4, -0.2) is 23.3 Å². The number of pyridine rings is 1. The summed E-state index contributed by atoms with van der Waals surface area (Å²) >= 11 is 3.46. The first-order valence-electron chi connectivity index (χ1n) is 6.58. The maximum atomic E-state index is 10.1. The molecule has 1 aromatic carbocycles. The summed E-state index contributed by atoms with van der Waals surface area (Å²) in [5, 5.41) is 10.1. The molecule has 4 heteroatoms. The highest BCUT2D eigenvalue weighted by molar-refractivity contribution is 9.10. The van der Waals surface area contributed by atoms with Gasteiger partial charge in [0.25, 0.3) is 0 Å². The first-order chi connectivity index (χ1) is 9.69. The predicted molar refractivity (Wildman–Crippen MR) is 83.0 cm³/mol. The van der Waals surface area contributed by atoms with Crippen molar-refractivity contribution in [1.29, 1.82) is 0 Å². The molecule has 0 bridgehead atoms. The minimum Gasteiger partial charge on any atom is -0.496 e. The van der Waals surface area contributed by atoms with Crippen LogP contribution in [0.2, 0.25) is 0 Å². The van der Waals surface area contributed by atoms with Gasteiger partial charge in [-0.2, -0.15) is 0 Å². The summed E-state index contributed by atoms with van der Waals surface area (Å²) in [6.45, 7) is 0. The fourth-order valence-electron chi connectivity index (χ4n) is 2.09. The van der Waals surface area contributed by atoms with Gasteiger partial charge in [-0.3, -0.25) is 4.98 Å². The maximum Gasteiger partial charge on any atom is 0.133 e. The van der Waals surface area contributed by atoms with E-state index >= 15 is 0 Å². The average molecular weight is 336 g/mol. The SMILES string of the molecule is COc1ccc(CC(O)CCc2cccnc2)cc1Br. The summed E-state index contributed by atoms with van der Waals surface area (Å²) in [4.78, 5) is 4.08. The molecular formula is C16H18BrNO2. The standard InChI is InChI=1S/C16H18BrNO2/c1-20-16-7-5-13(10-15(16)17)9-14(19)6-4-12-3-2-8-18-11-12/h2-3,5,7-8,10-11,14,19H,4,6,9H2,1H3. The number of hydrogen-bond acceptors (Lipinski definition) is 3. The van der Waals surface area contributed by atoms with Gasteiger partial charge in [0.15, 0.2) is 0 Å². The molecule has 2 rings (SSSR count). The van der Waals surface area contributed by atoms with Crippen LogP contribution in [0.15, 0.2) is 47.2 Å². The molecule has 2 aromatic rings. The molecule has 0 fully saturated rings. The fourth-order valence-corrected chi connectivity index (χ4v) is 2.68. The Morgan fingerprint density at radius 2 is 2.15 bits per heavy atom. The van der Waals surface area contributed by atoms with Gasteiger partial charge in [-0.1, -0.05) is 12.1 Å². The topological polar surface area (TPSA) is 42.4 Å². The van der Waals surface area contributed by atoms with Crippen molar-refractivity contribution < 1.29 is 9.84 Å². The molecule has 20 heavy (non-hydrogen) atoms. The monoisotopic (exact) mass is 335 g/mol. The van der Waals surface area contributed by atoms with Gasteiger partial charge in [0.05, 0.1) is 17.7 Å². The number of nitrogens with zero attached hydrogens (tertiary/aromatic N) is 1. The second-order valence-corrected chi connectivity index (χ2v) is 5.58. The van der Waals surface area contributed by atoms with Crippen LogP contribution < -0.4 is 4.74 Å². The zero-order valence-corrected chi connectivity index (χ0v) is 13.0. The van der Waals surface area contributed by atoms with Gasteiger partial charge in [-0.15, -0.1) is 0 Å². The largest absolute Gasteiger partial charge is 0.496 e. The van der Waals surface area contributed by atoms with Crippen molar-refractivity contribution in [1.82, 2.24) is 4.98 Å². The maximum absolute atomic E-state index is 10.1. The Morgan fingerprint density at radius 3 is 2.80 bits per heavy atom. The number of hydrogen-bond donors (Lipinski definition) is 1. The summed E-state index contributed by atoms with van der Waals surface area (Å²) < 4.78 is 6.11. The molecule has 1 atom stereocenters. The summed E-state index contributed by atoms with van der Waals surface area (Å²) in [6, 6.07) is 9.84. The van der Waals surface area contributed by atoms with E-state index in [0.29, 0.717) is 6.42 Å². The lowest BCUT2D eigenvalue weighted by atomic mass is 10.0. The first-order valence-corrected chi connectivity index (χ1v) is 7.37. The van der Waals surface area contributed by atoms with E-state index in [4.69, 9.17) is 4.74 Å². The molecule has 1 heterocycles. The Kier molecular flexibility index (Phi) is 5.56. The molecule has 0 spiro atoms. The van der Waals surface area contributed by atoms with Crippen molar-refractivity contribution in [3.63, 3.8) is 0 Å². The minimum absolute atomic E-state index is 0.351. The average Bonchev–Trinajstić information content (AvgIpc) is 2.46. The Bertz CT molecular complexity index is 545. The van der Waals surface area contributed by atoms with E-state index in [1.165, 1.54) is 0 Å². The van der Waals surface area contributed by atoms with Crippen LogP contribution in [0.1, 0.15) is 17.5 Å². The molecule has 3 nitrogen and oxygen atoms in total. The number of ether oxygens (including phenoxy) is 1. The fraction of sp³-hybridized carbons (Fsp3) is 0.312. The molecule has 0 saturated heterocycles. The molecular weight excluding hydrogens is 318 g/mol. The number of rotatable bonds is 6. The molecule has 0 aliphatic heterocycles. The van der Waals surface area contributed by atoms with Crippen LogP contribution in [-0.2, 0) is 12.8 Å². The van der Waals surface area contributed by atoms with Crippen LogP contribution in [0.25, 0.3) is 0 Å². The van der Waals surface area contributed by atoms with Crippen molar-refractivity contribution in [2.45, 2.75) is 25.4 Å². The van der Waals surface area contributed by atoms with Gasteiger partial charge in [-0.25, -0.2) is 0 Å². The predicted octanol–water partition coefficient (Wildman–Crippen LogP) is 3.39. The Morgan fingerprint density at radius 1 is 1.30 bits per heavy atom. The third-order valence-electron chi connectivity index (χ3n) is 3.18. The van der Waals surface area contributed by atoms with E-state index in [2.05, 4.69) is 20.9 Å². The molecule has 1 unspecified atom stereocenters. The minimum atomic E-state index is -0.351. The number of halogens is 1. The number of aryl methyl sites for hydroxylation is 1. The van der Waals surface area contributed by atoms with Gasteiger partial charge in [0.2, 0.25) is 0 Å². The summed E-state index contributed by atoms with van der Waals surface area (Å²) in [7, 11) is 1.64. The summed E-state index contributed by atoms with van der Waals surface area (Å²) in [5.41, 5.74) is 2.25. The van der Waals surface area contributed by atoms with E-state index in [0.717, 1.165) is 34.2 Å². The van der Waals surface area contributed by atoms with Crippen molar-refractivity contribution in [3.05, 3.63) is 58.3 Å². The Labute approximate surface area is 127 Å². The third kappa shape index (κ3) is 4.32. The molecule has 0 radical (unpaired) electrons. The second kappa shape index (κ2) is 7.41. The second-order valence-electron chi connectivity index (χ2n) is 4.73. The van der Waals surface area contributed by atoms with E-state index in [1.54, 1.807) is 13.3 Å². The van der Waals surface area contributed by atoms with Gasteiger partial charge in [0.1, 0.15) is 5.75 Å². The summed E-state index contributed by atoms with van der Waals surface area (Å²) in [6.07, 6.45) is 5.46. The molecule has 0 amide bonds. The molecule has 0 aliphatic rings. The zero-order chi connectivity index (χ0) is 14.4. The van der Waals surface area contributed by atoms with Crippen LogP contribution >= 0.6 is 15.9 Å². The highest BCUT2D eigenvalue weighted by Gasteiger charge is 2.08. The number of aromatic nitrogens is 1. The number of aliphatic hydroxyl groups is 1. The third-order valence-corrected chi connectivity index (χ3v) is 3.80. The van der Waals surface area contributed by atoms with Crippen LogP contribution in [0.4, 0.5) is 0 Å². The lowest BCUT2D eigenvalue weighted by molar-refractivity contribution is 0.165. The number of methoxy groups -OCH3 is 1. The molecule has 106 valence electrons. The number of aliphatic hydroxyl groups excluding tert-OH is 1. The van der Waals surface area contributed by atoms with Gasteiger partial charge in [-0.05, 0) is 64.5 Å². The van der Waals surface area contributed by atoms with E-state index in [1.807, 2.05) is 36.5 Å². The molecule has 0 saturated carbocycles. The normalized spacial score (nSPS) is 12.2. The van der Waals surface area contributed by atoms with Gasteiger partial charge >= 0.3 is 0 Å². The highest BCUT2D eigenvalue weighted by Crippen LogP contribution is 2.26. The van der Waals surface area contributed by atoms with Crippen LogP contribution in [0, 0.1) is 0 Å². The van der Waals surface area contributed by atoms with Gasteiger partial charge in [0, 0.05) is 12.4 Å². The zero-order valence-electron chi connectivity index (χ0n) is 11.4. The summed E-state index contributed by atoms with van der Waals surface area (Å²) in [5.74, 6) is 0.804. The quantitative estimate of drug-likeness (QED) is 0.879. The molecule has 1 N–H and O–H groups in total. The lowest BCUT2D eigenvalue weighted by Gasteiger charge is -2.12. The van der Waals surface area contributed by atoms with E-state index < -0.39 is 0 Å². The lowest BCUT2D eigenvalue weighted by Crippen LogP contribution is -2.11. The highest BCUT2D eigenvalue weighted by atomic mass is 79.9. The first kappa shape index (κ1) is 15.0. The Hall–Kier alpha value is -1.39. The van der Waals surface area contributed by atoms with E-state index in [-0.39, 0.29) is 6.10 Å². The van der Waals surface area contributed by atoms with Crippen molar-refractivity contribution in [3.8, 4) is 5.75 Å². The Balaban J connectivity index is 1.88. The van der Waals surface area contributed by atoms with Gasteiger partial charge < -0.3 is 9.84 Å². The van der Waals surface area contributed by atoms with Crippen molar-refractivity contribution in [2.24, 2.45) is 0 Å². The molecule has 0 aliphatic carbocycles. The smallest absolute Gasteiger partial charge is 0.133 e.